The molecule has 0 aliphatic rings. The molecule has 120 valence electrons. The summed E-state index contributed by atoms with van der Waals surface area (Å²) in [6.07, 6.45) is 0. The summed E-state index contributed by atoms with van der Waals surface area (Å²) in [6, 6.07) is 6.48. The van der Waals surface area contributed by atoms with E-state index >= 15 is 0 Å². The van der Waals surface area contributed by atoms with Crippen LogP contribution in [0.1, 0.15) is 24.2 Å². The molecule has 1 rings (SSSR count). The average Bonchev–Trinajstić information content (AvgIpc) is 2.51. The van der Waals surface area contributed by atoms with Crippen LogP contribution in [0.2, 0.25) is 0 Å². The molecule has 2 N–H and O–H groups in total. The molecule has 0 spiro atoms. The van der Waals surface area contributed by atoms with E-state index in [0.29, 0.717) is 24.4 Å². The molecule has 0 saturated carbocycles. The fourth-order valence-electron chi connectivity index (χ4n) is 1.57. The van der Waals surface area contributed by atoms with Crippen LogP contribution < -0.4 is 10.6 Å². The fourth-order valence-corrected chi connectivity index (χ4v) is 1.57. The summed E-state index contributed by atoms with van der Waals surface area (Å²) in [6.45, 7) is 3.90. The number of hydrogen-bond acceptors (Lipinski definition) is 5. The number of rotatable bonds is 8. The molecule has 7 nitrogen and oxygen atoms in total. The number of esters is 1. The Balaban J connectivity index is 2.49. The monoisotopic (exact) mass is 308 g/mol. The molecule has 1 aromatic rings. The molecule has 7 heteroatoms. The number of carbonyl (C=O) groups is 3. The van der Waals surface area contributed by atoms with Crippen LogP contribution >= 0.6 is 0 Å². The van der Waals surface area contributed by atoms with Crippen molar-refractivity contribution in [2.45, 2.75) is 13.8 Å². The fraction of sp³-hybridized carbons (Fsp3) is 0.400. The summed E-state index contributed by atoms with van der Waals surface area (Å²) in [5.74, 6) is -1.31. The highest BCUT2D eigenvalue weighted by Gasteiger charge is 2.09. The van der Waals surface area contributed by atoms with E-state index in [1.54, 1.807) is 31.2 Å². The number of ether oxygens (including phenoxy) is 2. The first kappa shape index (κ1) is 17.6. The van der Waals surface area contributed by atoms with Gasteiger partial charge in [0.2, 0.25) is 0 Å². The molecule has 0 saturated heterocycles. The van der Waals surface area contributed by atoms with Crippen LogP contribution in [0.5, 0.6) is 0 Å². The van der Waals surface area contributed by atoms with Crippen LogP contribution in [-0.2, 0) is 19.1 Å². The molecule has 0 aromatic heterocycles. The highest BCUT2D eigenvalue weighted by atomic mass is 16.6. The topological polar surface area (TPSA) is 93.7 Å². The zero-order valence-corrected chi connectivity index (χ0v) is 12.7. The second-order valence-corrected chi connectivity index (χ2v) is 4.29. The Labute approximate surface area is 129 Å². The van der Waals surface area contributed by atoms with Gasteiger partial charge in [-0.15, -0.1) is 0 Å². The van der Waals surface area contributed by atoms with E-state index in [4.69, 9.17) is 9.47 Å². The van der Waals surface area contributed by atoms with Crippen molar-refractivity contribution in [1.29, 1.82) is 0 Å². The first-order valence-corrected chi connectivity index (χ1v) is 6.98. The normalized spacial score (nSPS) is 9.91. The number of hydrogen-bond donors (Lipinski definition) is 2. The Hall–Kier alpha value is -2.41. The molecule has 0 radical (unpaired) electrons. The zero-order chi connectivity index (χ0) is 16.4. The van der Waals surface area contributed by atoms with Crippen molar-refractivity contribution >= 4 is 23.5 Å². The summed E-state index contributed by atoms with van der Waals surface area (Å²) in [7, 11) is 0. The predicted molar refractivity (Wildman–Crippen MR) is 80.5 cm³/mol. The average molecular weight is 308 g/mol. The van der Waals surface area contributed by atoms with E-state index in [-0.39, 0.29) is 12.5 Å². The molecule has 22 heavy (non-hydrogen) atoms. The van der Waals surface area contributed by atoms with Gasteiger partial charge in [-0.1, -0.05) is 6.07 Å². The van der Waals surface area contributed by atoms with Gasteiger partial charge in [0.05, 0.1) is 0 Å². The maximum atomic E-state index is 11.7. The Morgan fingerprint density at radius 2 is 1.91 bits per heavy atom. The summed E-state index contributed by atoms with van der Waals surface area (Å²) in [5, 5.41) is 5.22. The van der Waals surface area contributed by atoms with Crippen molar-refractivity contribution in [1.82, 2.24) is 5.32 Å². The van der Waals surface area contributed by atoms with Gasteiger partial charge in [-0.05, 0) is 32.0 Å². The number of amides is 2. The van der Waals surface area contributed by atoms with E-state index in [1.807, 2.05) is 6.92 Å². The van der Waals surface area contributed by atoms with Crippen molar-refractivity contribution in [3.05, 3.63) is 29.8 Å². The minimum Gasteiger partial charge on any atom is -0.454 e. The summed E-state index contributed by atoms with van der Waals surface area (Å²) >= 11 is 0. The number of anilines is 1. The van der Waals surface area contributed by atoms with Crippen molar-refractivity contribution in [3.63, 3.8) is 0 Å². The Morgan fingerprint density at radius 1 is 1.14 bits per heavy atom. The van der Waals surface area contributed by atoms with Gasteiger partial charge in [0.25, 0.3) is 11.8 Å². The second-order valence-electron chi connectivity index (χ2n) is 4.29. The highest BCUT2D eigenvalue weighted by Crippen LogP contribution is 2.10. The van der Waals surface area contributed by atoms with Gasteiger partial charge in [0.15, 0.2) is 6.61 Å². The molecular weight excluding hydrogens is 288 g/mol. The number of carbonyl (C=O) groups excluding carboxylic acids is 3. The smallest absolute Gasteiger partial charge is 0.332 e. The maximum absolute atomic E-state index is 11.7. The van der Waals surface area contributed by atoms with Gasteiger partial charge in [-0.2, -0.15) is 0 Å². The Bertz CT molecular complexity index is 530. The van der Waals surface area contributed by atoms with Gasteiger partial charge in [-0.25, -0.2) is 4.79 Å². The Morgan fingerprint density at radius 3 is 2.59 bits per heavy atom. The molecule has 0 unspecified atom stereocenters. The lowest BCUT2D eigenvalue weighted by atomic mass is 10.2. The van der Waals surface area contributed by atoms with E-state index in [9.17, 15) is 14.4 Å². The predicted octanol–water partition coefficient (Wildman–Crippen LogP) is 0.954. The standard InChI is InChI=1S/C15H20N2O5/c1-3-16-15(20)11-6-5-7-12(8-11)17-13(18)9-22-14(19)10-21-4-2/h5-8H,3-4,9-10H2,1-2H3,(H,16,20)(H,17,18). The van der Waals surface area contributed by atoms with Crippen LogP contribution in [-0.4, -0.2) is 44.1 Å². The van der Waals surface area contributed by atoms with Gasteiger partial charge < -0.3 is 20.1 Å². The molecule has 0 fully saturated rings. The maximum Gasteiger partial charge on any atom is 0.332 e. The van der Waals surface area contributed by atoms with Crippen LogP contribution in [0.4, 0.5) is 5.69 Å². The summed E-state index contributed by atoms with van der Waals surface area (Å²) in [5.41, 5.74) is 0.891. The quantitative estimate of drug-likeness (QED) is 0.698. The molecule has 2 amide bonds. The molecule has 0 atom stereocenters. The van der Waals surface area contributed by atoms with Crippen molar-refractivity contribution in [2.24, 2.45) is 0 Å². The van der Waals surface area contributed by atoms with Crippen molar-refractivity contribution < 1.29 is 23.9 Å². The van der Waals surface area contributed by atoms with Crippen LogP contribution in [0.15, 0.2) is 24.3 Å². The van der Waals surface area contributed by atoms with Gasteiger partial charge in [0.1, 0.15) is 6.61 Å². The minimum absolute atomic E-state index is 0.184. The molecular formula is C15H20N2O5. The largest absolute Gasteiger partial charge is 0.454 e. The first-order valence-electron chi connectivity index (χ1n) is 6.98. The molecule has 0 bridgehead atoms. The van der Waals surface area contributed by atoms with E-state index < -0.39 is 18.5 Å². The number of nitrogens with one attached hydrogen (secondary N) is 2. The summed E-state index contributed by atoms with van der Waals surface area (Å²) < 4.78 is 9.60. The number of benzene rings is 1. The van der Waals surface area contributed by atoms with E-state index in [1.165, 1.54) is 0 Å². The lowest BCUT2D eigenvalue weighted by Crippen LogP contribution is -2.24. The highest BCUT2D eigenvalue weighted by molar-refractivity contribution is 5.97. The third-order valence-corrected chi connectivity index (χ3v) is 2.53. The van der Waals surface area contributed by atoms with Crippen molar-refractivity contribution in [3.8, 4) is 0 Å². The van der Waals surface area contributed by atoms with E-state index in [2.05, 4.69) is 10.6 Å². The lowest BCUT2D eigenvalue weighted by Gasteiger charge is -2.08. The molecule has 0 heterocycles. The van der Waals surface area contributed by atoms with Crippen molar-refractivity contribution in [2.75, 3.05) is 31.7 Å². The summed E-state index contributed by atoms with van der Waals surface area (Å²) in [4.78, 5) is 34.6. The molecule has 1 aromatic carbocycles. The van der Waals surface area contributed by atoms with Gasteiger partial charge in [0, 0.05) is 24.4 Å². The van der Waals surface area contributed by atoms with Crippen LogP contribution in [0, 0.1) is 0 Å². The van der Waals surface area contributed by atoms with Gasteiger partial charge >= 0.3 is 5.97 Å². The zero-order valence-electron chi connectivity index (χ0n) is 12.7. The lowest BCUT2D eigenvalue weighted by molar-refractivity contribution is -0.151. The second kappa shape index (κ2) is 9.51. The third-order valence-electron chi connectivity index (χ3n) is 2.53. The Kier molecular flexibility index (Phi) is 7.63. The van der Waals surface area contributed by atoms with Crippen LogP contribution in [0.3, 0.4) is 0 Å². The SMILES string of the molecule is CCNC(=O)c1cccc(NC(=O)COC(=O)COCC)c1. The van der Waals surface area contributed by atoms with Crippen LogP contribution in [0.25, 0.3) is 0 Å². The molecule has 0 aliphatic carbocycles. The van der Waals surface area contributed by atoms with E-state index in [0.717, 1.165) is 0 Å². The minimum atomic E-state index is -0.604. The van der Waals surface area contributed by atoms with Gasteiger partial charge in [-0.3, -0.25) is 9.59 Å². The first-order chi connectivity index (χ1) is 10.6. The molecule has 0 aliphatic heterocycles. The third kappa shape index (κ3) is 6.36.